The second-order valence-corrected chi connectivity index (χ2v) is 8.22. The molecule has 1 amide bonds. The number of imidazole rings is 1. The van der Waals surface area contributed by atoms with Crippen molar-refractivity contribution in [3.63, 3.8) is 0 Å². The van der Waals surface area contributed by atoms with E-state index in [9.17, 15) is 4.79 Å². The van der Waals surface area contributed by atoms with E-state index in [2.05, 4.69) is 50.1 Å². The monoisotopic (exact) mass is 381 g/mol. The topological polar surface area (TPSA) is 64.7 Å². The number of H-pyrrole nitrogens is 1. The number of piperidine rings is 1. The van der Waals surface area contributed by atoms with E-state index in [-0.39, 0.29) is 17.7 Å². The summed E-state index contributed by atoms with van der Waals surface area (Å²) in [6, 6.07) is 10.7. The van der Waals surface area contributed by atoms with Crippen LogP contribution in [0.4, 0.5) is 4.79 Å². The molecule has 28 heavy (non-hydrogen) atoms. The lowest BCUT2D eigenvalue weighted by atomic mass is 9.83. The van der Waals surface area contributed by atoms with Crippen LogP contribution in [-0.2, 0) is 17.8 Å². The summed E-state index contributed by atoms with van der Waals surface area (Å²) in [5, 5.41) is 0. The molecule has 7 heteroatoms. The molecular weight excluding hydrogens is 354 g/mol. The summed E-state index contributed by atoms with van der Waals surface area (Å²) >= 11 is 0. The van der Waals surface area contributed by atoms with Gasteiger partial charge < -0.3 is 9.72 Å². The number of nitrogens with one attached hydrogen (secondary N) is 1. The molecule has 7 nitrogen and oxygen atoms in total. The summed E-state index contributed by atoms with van der Waals surface area (Å²) in [7, 11) is 0. The van der Waals surface area contributed by atoms with Gasteiger partial charge in [-0.2, -0.15) is 0 Å². The smallest absolute Gasteiger partial charge is 0.410 e. The minimum atomic E-state index is -0.336. The van der Waals surface area contributed by atoms with Crippen molar-refractivity contribution >= 4 is 6.09 Å². The minimum absolute atomic E-state index is 0.119. The summed E-state index contributed by atoms with van der Waals surface area (Å²) in [5.41, 5.74) is 2.12. The number of benzene rings is 1. The lowest BCUT2D eigenvalue weighted by molar-refractivity contribution is -0.0370. The number of rotatable bonds is 4. The van der Waals surface area contributed by atoms with E-state index < -0.39 is 0 Å². The van der Waals surface area contributed by atoms with Crippen molar-refractivity contribution in [2.75, 3.05) is 32.7 Å². The highest BCUT2D eigenvalue weighted by Gasteiger charge is 2.56. The van der Waals surface area contributed by atoms with Gasteiger partial charge in [0.2, 0.25) is 0 Å². The molecule has 0 bridgehead atoms. The van der Waals surface area contributed by atoms with Gasteiger partial charge in [0.25, 0.3) is 0 Å². The number of carbonyl (C=O) groups excluding carboxylic acids is 1. The van der Waals surface area contributed by atoms with Crippen LogP contribution in [0.1, 0.15) is 24.1 Å². The Morgan fingerprint density at radius 2 is 1.89 bits per heavy atom. The van der Waals surface area contributed by atoms with Gasteiger partial charge in [-0.25, -0.2) is 9.78 Å². The number of piperazine rings is 1. The molecule has 4 heterocycles. The van der Waals surface area contributed by atoms with Gasteiger partial charge in [-0.3, -0.25) is 14.7 Å². The number of amides is 1. The Balaban J connectivity index is 1.26. The van der Waals surface area contributed by atoms with Gasteiger partial charge in [-0.05, 0) is 5.56 Å². The van der Waals surface area contributed by atoms with Crippen LogP contribution in [0, 0.1) is 0 Å². The molecule has 1 aromatic heterocycles. The number of hydrogen-bond donors (Lipinski definition) is 1. The van der Waals surface area contributed by atoms with Crippen molar-refractivity contribution in [3.8, 4) is 0 Å². The first kappa shape index (κ1) is 17.7. The van der Waals surface area contributed by atoms with Crippen molar-refractivity contribution in [2.24, 2.45) is 0 Å². The fraction of sp³-hybridized carbons (Fsp3) is 0.524. The molecule has 148 valence electrons. The highest BCUT2D eigenvalue weighted by molar-refractivity contribution is 5.72. The van der Waals surface area contributed by atoms with Gasteiger partial charge in [-0.1, -0.05) is 30.3 Å². The number of fused-ring (bicyclic) bond motifs is 2. The van der Waals surface area contributed by atoms with Crippen molar-refractivity contribution in [2.45, 2.75) is 37.6 Å². The maximum absolute atomic E-state index is 12.5. The summed E-state index contributed by atoms with van der Waals surface area (Å²) in [5.74, 6) is 0. The molecular formula is C21H27N5O2. The summed E-state index contributed by atoms with van der Waals surface area (Å²) in [6.07, 6.45) is 5.28. The quantitative estimate of drug-likeness (QED) is 0.879. The Kier molecular flexibility index (Phi) is 4.56. The Morgan fingerprint density at radius 3 is 2.64 bits per heavy atom. The molecule has 1 aromatic carbocycles. The first-order valence-corrected chi connectivity index (χ1v) is 10.2. The van der Waals surface area contributed by atoms with E-state index in [1.54, 1.807) is 6.33 Å². The standard InChI is InChI=1S/C21H27N5O2/c27-20-26-11-10-25(13-17-4-2-1-3-5-17)15-19(26)21(28-20)6-8-24(9-7-21)14-18-12-22-16-23-18/h1-5,12,16,19H,6-11,13-15H2,(H,22,23). The Morgan fingerprint density at radius 1 is 1.07 bits per heavy atom. The van der Waals surface area contributed by atoms with Crippen molar-refractivity contribution in [1.82, 2.24) is 24.7 Å². The fourth-order valence-corrected chi connectivity index (χ4v) is 4.93. The van der Waals surface area contributed by atoms with Crippen LogP contribution >= 0.6 is 0 Å². The molecule has 3 fully saturated rings. The van der Waals surface area contributed by atoms with Gasteiger partial charge in [0.1, 0.15) is 5.60 Å². The molecule has 2 aromatic rings. The molecule has 0 aliphatic carbocycles. The van der Waals surface area contributed by atoms with Gasteiger partial charge in [0.15, 0.2) is 0 Å². The van der Waals surface area contributed by atoms with E-state index in [0.29, 0.717) is 0 Å². The van der Waals surface area contributed by atoms with E-state index in [1.165, 1.54) is 5.56 Å². The molecule has 5 rings (SSSR count). The third kappa shape index (κ3) is 3.29. The maximum atomic E-state index is 12.5. The number of aromatic nitrogens is 2. The summed E-state index contributed by atoms with van der Waals surface area (Å²) < 4.78 is 6.03. The van der Waals surface area contributed by atoms with E-state index >= 15 is 0 Å². The van der Waals surface area contributed by atoms with E-state index in [4.69, 9.17) is 4.74 Å². The minimum Gasteiger partial charge on any atom is -0.440 e. The highest BCUT2D eigenvalue weighted by atomic mass is 16.6. The Hall–Kier alpha value is -2.38. The first-order chi connectivity index (χ1) is 13.7. The maximum Gasteiger partial charge on any atom is 0.410 e. The zero-order chi connectivity index (χ0) is 19.0. The third-order valence-corrected chi connectivity index (χ3v) is 6.50. The molecule has 1 N–H and O–H groups in total. The average molecular weight is 381 g/mol. The van der Waals surface area contributed by atoms with E-state index in [1.807, 2.05) is 11.1 Å². The van der Waals surface area contributed by atoms with Gasteiger partial charge in [0, 0.05) is 70.5 Å². The van der Waals surface area contributed by atoms with Crippen LogP contribution in [0.2, 0.25) is 0 Å². The summed E-state index contributed by atoms with van der Waals surface area (Å²) in [6.45, 7) is 6.24. The van der Waals surface area contributed by atoms with Crippen molar-refractivity contribution in [3.05, 3.63) is 54.1 Å². The number of hydrogen-bond acceptors (Lipinski definition) is 5. The van der Waals surface area contributed by atoms with Crippen molar-refractivity contribution in [1.29, 1.82) is 0 Å². The molecule has 1 spiro atoms. The van der Waals surface area contributed by atoms with E-state index in [0.717, 1.165) is 64.3 Å². The van der Waals surface area contributed by atoms with Gasteiger partial charge in [0.05, 0.1) is 12.4 Å². The fourth-order valence-electron chi connectivity index (χ4n) is 4.93. The molecule has 0 saturated carbocycles. The number of aromatic amines is 1. The van der Waals surface area contributed by atoms with Crippen LogP contribution < -0.4 is 0 Å². The second-order valence-electron chi connectivity index (χ2n) is 8.22. The van der Waals surface area contributed by atoms with Gasteiger partial charge >= 0.3 is 6.09 Å². The number of carbonyl (C=O) groups is 1. The predicted octanol–water partition coefficient (Wildman–Crippen LogP) is 2.08. The lowest BCUT2D eigenvalue weighted by Crippen LogP contribution is -2.60. The second kappa shape index (κ2) is 7.22. The van der Waals surface area contributed by atoms with Crippen LogP contribution in [0.25, 0.3) is 0 Å². The number of nitrogens with zero attached hydrogens (tertiary/aromatic N) is 4. The number of ether oxygens (including phenoxy) is 1. The van der Waals surface area contributed by atoms with Crippen LogP contribution in [-0.4, -0.2) is 75.1 Å². The molecule has 1 atom stereocenters. The zero-order valence-electron chi connectivity index (χ0n) is 16.1. The lowest BCUT2D eigenvalue weighted by Gasteiger charge is -2.45. The van der Waals surface area contributed by atoms with Crippen molar-refractivity contribution < 1.29 is 9.53 Å². The molecule has 3 saturated heterocycles. The predicted molar refractivity (Wildman–Crippen MR) is 105 cm³/mol. The molecule has 3 aliphatic rings. The third-order valence-electron chi connectivity index (χ3n) is 6.50. The molecule has 1 unspecified atom stereocenters. The van der Waals surface area contributed by atoms with Crippen LogP contribution in [0.15, 0.2) is 42.9 Å². The highest BCUT2D eigenvalue weighted by Crippen LogP contribution is 2.40. The molecule has 0 radical (unpaired) electrons. The Labute approximate surface area is 165 Å². The zero-order valence-corrected chi connectivity index (χ0v) is 16.1. The number of likely N-dealkylation sites (tertiary alicyclic amines) is 1. The van der Waals surface area contributed by atoms with Crippen LogP contribution in [0.5, 0.6) is 0 Å². The largest absolute Gasteiger partial charge is 0.440 e. The molecule has 3 aliphatic heterocycles. The van der Waals surface area contributed by atoms with Gasteiger partial charge in [-0.15, -0.1) is 0 Å². The normalized spacial score (nSPS) is 25.1. The Bertz CT molecular complexity index is 801. The SMILES string of the molecule is O=C1OC2(CCN(Cc3cnc[nH]3)CC2)C2CN(Cc3ccccc3)CCN12. The first-order valence-electron chi connectivity index (χ1n) is 10.2. The summed E-state index contributed by atoms with van der Waals surface area (Å²) in [4.78, 5) is 26.7. The van der Waals surface area contributed by atoms with Crippen LogP contribution in [0.3, 0.4) is 0 Å². The average Bonchev–Trinajstić information content (AvgIpc) is 3.32.